The number of carbonyl (C=O) groups is 3. The van der Waals surface area contributed by atoms with Crippen molar-refractivity contribution in [1.29, 1.82) is 0 Å². The molecule has 0 aliphatic carbocycles. The van der Waals surface area contributed by atoms with Crippen molar-refractivity contribution < 1.29 is 23.9 Å². The van der Waals surface area contributed by atoms with Crippen molar-refractivity contribution in [1.82, 2.24) is 9.88 Å². The summed E-state index contributed by atoms with van der Waals surface area (Å²) in [7, 11) is 0. The Morgan fingerprint density at radius 3 is 2.67 bits per heavy atom. The summed E-state index contributed by atoms with van der Waals surface area (Å²) in [6.07, 6.45) is 2.14. The van der Waals surface area contributed by atoms with Gasteiger partial charge in [0.05, 0.1) is 18.8 Å². The van der Waals surface area contributed by atoms with E-state index in [0.717, 1.165) is 4.90 Å². The molecule has 0 fully saturated rings. The maximum absolute atomic E-state index is 12.7. The first kappa shape index (κ1) is 20.9. The van der Waals surface area contributed by atoms with Crippen LogP contribution in [0.3, 0.4) is 0 Å². The third-order valence-electron chi connectivity index (χ3n) is 3.91. The van der Waals surface area contributed by atoms with Gasteiger partial charge in [0, 0.05) is 17.5 Å². The highest BCUT2D eigenvalue weighted by Crippen LogP contribution is 2.38. The van der Waals surface area contributed by atoms with Crippen LogP contribution in [0.4, 0.5) is 9.59 Å². The van der Waals surface area contributed by atoms with Crippen LogP contribution < -0.4 is 0 Å². The van der Waals surface area contributed by atoms with Crippen molar-refractivity contribution in [3.05, 3.63) is 23.9 Å². The minimum Gasteiger partial charge on any atom is -0.465 e. The molecule has 0 radical (unpaired) electrons. The zero-order valence-corrected chi connectivity index (χ0v) is 16.8. The maximum Gasteiger partial charge on any atom is 0.418 e. The van der Waals surface area contributed by atoms with Crippen LogP contribution in [0.25, 0.3) is 0 Å². The summed E-state index contributed by atoms with van der Waals surface area (Å²) in [5, 5.41) is 0.599. The molecule has 1 aliphatic rings. The Balaban J connectivity index is 2.64. The second kappa shape index (κ2) is 8.98. The Labute approximate surface area is 162 Å². The van der Waals surface area contributed by atoms with Crippen LogP contribution in [-0.2, 0) is 14.3 Å². The van der Waals surface area contributed by atoms with E-state index in [1.54, 1.807) is 46.0 Å². The fourth-order valence-electron chi connectivity index (χ4n) is 2.87. The van der Waals surface area contributed by atoms with E-state index in [4.69, 9.17) is 9.47 Å². The molecule has 0 N–H and O–H groups in total. The predicted octanol–water partition coefficient (Wildman–Crippen LogP) is 3.47. The number of aromatic nitrogens is 1. The summed E-state index contributed by atoms with van der Waals surface area (Å²) in [5.41, 5.74) is 0.847. The van der Waals surface area contributed by atoms with Crippen molar-refractivity contribution in [3.63, 3.8) is 0 Å². The number of ether oxygens (including phenoxy) is 2. The molecule has 0 aromatic carbocycles. The molecule has 9 heteroatoms. The quantitative estimate of drug-likeness (QED) is 0.558. The van der Waals surface area contributed by atoms with Crippen LogP contribution in [0.15, 0.2) is 28.3 Å². The molecule has 2 heterocycles. The average Bonchev–Trinajstić information content (AvgIpc) is 2.60. The Kier molecular flexibility index (Phi) is 6.95. The number of amides is 3. The van der Waals surface area contributed by atoms with Gasteiger partial charge in [-0.25, -0.2) is 24.5 Å². The number of thioether (sulfide) groups is 1. The fraction of sp³-hybridized carbons (Fsp3) is 0.500. The highest BCUT2D eigenvalue weighted by Gasteiger charge is 2.47. The van der Waals surface area contributed by atoms with E-state index in [1.165, 1.54) is 11.8 Å². The zero-order valence-electron chi connectivity index (χ0n) is 16.0. The smallest absolute Gasteiger partial charge is 0.418 e. The third-order valence-corrected chi connectivity index (χ3v) is 4.64. The van der Waals surface area contributed by atoms with Gasteiger partial charge in [0.15, 0.2) is 0 Å². The van der Waals surface area contributed by atoms with Crippen LogP contribution in [-0.4, -0.2) is 52.7 Å². The second-order valence-electron chi connectivity index (χ2n) is 6.11. The van der Waals surface area contributed by atoms with Gasteiger partial charge in [0.25, 0.3) is 0 Å². The molecule has 2 rings (SSSR count). The molecule has 0 saturated carbocycles. The summed E-state index contributed by atoms with van der Waals surface area (Å²) in [4.78, 5) is 47.0. The average molecular weight is 393 g/mol. The minimum atomic E-state index is -0.948. The Morgan fingerprint density at radius 1 is 1.37 bits per heavy atom. The zero-order chi connectivity index (χ0) is 20.1. The van der Waals surface area contributed by atoms with E-state index in [9.17, 15) is 14.4 Å². The minimum absolute atomic E-state index is 0.169. The predicted molar refractivity (Wildman–Crippen MR) is 101 cm³/mol. The van der Waals surface area contributed by atoms with Crippen LogP contribution in [0.2, 0.25) is 0 Å². The number of pyridine rings is 1. The number of carbonyl (C=O) groups excluding carboxylic acids is 3. The summed E-state index contributed by atoms with van der Waals surface area (Å²) < 4.78 is 10.4. The van der Waals surface area contributed by atoms with Crippen molar-refractivity contribution in [2.45, 2.75) is 44.9 Å². The lowest BCUT2D eigenvalue weighted by Crippen LogP contribution is -2.50. The first-order chi connectivity index (χ1) is 12.8. The number of hydrogen-bond acceptors (Lipinski definition) is 7. The van der Waals surface area contributed by atoms with E-state index in [1.807, 2.05) is 6.26 Å². The molecule has 1 aliphatic heterocycles. The van der Waals surface area contributed by atoms with Crippen LogP contribution in [0.1, 0.15) is 39.3 Å². The normalized spacial score (nSPS) is 19.7. The van der Waals surface area contributed by atoms with Gasteiger partial charge in [-0.15, -0.1) is 11.8 Å². The summed E-state index contributed by atoms with van der Waals surface area (Å²) in [6.45, 7) is 6.79. The Hall–Kier alpha value is -2.42. The molecule has 0 bridgehead atoms. The molecular weight excluding hydrogens is 370 g/mol. The lowest BCUT2D eigenvalue weighted by molar-refractivity contribution is -0.147. The van der Waals surface area contributed by atoms with Gasteiger partial charge in [-0.2, -0.15) is 0 Å². The van der Waals surface area contributed by atoms with Gasteiger partial charge in [-0.05, 0) is 40.0 Å². The topological polar surface area (TPSA) is 98.2 Å². The SMILES string of the molecule is CCOC(=O)C1C(C)=NC(=O)N(C(=O)OC(C)C)C1c1cccnc1SC. The lowest BCUT2D eigenvalue weighted by Gasteiger charge is -2.37. The molecule has 0 spiro atoms. The highest BCUT2D eigenvalue weighted by molar-refractivity contribution is 7.98. The Morgan fingerprint density at radius 2 is 2.07 bits per heavy atom. The lowest BCUT2D eigenvalue weighted by atomic mass is 9.87. The first-order valence-electron chi connectivity index (χ1n) is 8.56. The van der Waals surface area contributed by atoms with E-state index in [-0.39, 0.29) is 12.3 Å². The second-order valence-corrected chi connectivity index (χ2v) is 6.91. The van der Waals surface area contributed by atoms with Crippen LogP contribution in [0, 0.1) is 5.92 Å². The van der Waals surface area contributed by atoms with Gasteiger partial charge in [-0.1, -0.05) is 6.07 Å². The molecule has 2 unspecified atom stereocenters. The standard InChI is InChI=1S/C18H23N3O5S/c1-6-25-16(22)13-11(4)20-17(23)21(18(24)26-10(2)3)14(13)12-8-7-9-19-15(12)27-5/h7-10,13-14H,6H2,1-5H3. The van der Waals surface area contributed by atoms with E-state index in [0.29, 0.717) is 10.6 Å². The Bertz CT molecular complexity index is 765. The number of rotatable bonds is 5. The van der Waals surface area contributed by atoms with Crippen molar-refractivity contribution in [3.8, 4) is 0 Å². The first-order valence-corrected chi connectivity index (χ1v) is 9.78. The maximum atomic E-state index is 12.7. The van der Waals surface area contributed by atoms with Crippen molar-refractivity contribution >= 4 is 35.6 Å². The molecule has 2 atom stereocenters. The molecule has 146 valence electrons. The van der Waals surface area contributed by atoms with E-state index < -0.39 is 36.2 Å². The van der Waals surface area contributed by atoms with Crippen molar-refractivity contribution in [2.75, 3.05) is 12.9 Å². The number of nitrogens with zero attached hydrogens (tertiary/aromatic N) is 3. The van der Waals surface area contributed by atoms with Gasteiger partial charge in [0.2, 0.25) is 0 Å². The molecule has 8 nitrogen and oxygen atoms in total. The summed E-state index contributed by atoms with van der Waals surface area (Å²) >= 11 is 1.35. The van der Waals surface area contributed by atoms with Crippen molar-refractivity contribution in [2.24, 2.45) is 10.9 Å². The fourth-order valence-corrected chi connectivity index (χ4v) is 3.46. The number of esters is 1. The number of hydrogen-bond donors (Lipinski definition) is 0. The van der Waals surface area contributed by atoms with E-state index >= 15 is 0 Å². The third kappa shape index (κ3) is 4.47. The van der Waals surface area contributed by atoms with Gasteiger partial charge in [0.1, 0.15) is 10.9 Å². The number of aliphatic imine (C=N–C) groups is 1. The van der Waals surface area contributed by atoms with Crippen LogP contribution >= 0.6 is 11.8 Å². The summed E-state index contributed by atoms with van der Waals surface area (Å²) in [6, 6.07) is 1.70. The molecular formula is C18H23N3O5S. The molecule has 1 aromatic heterocycles. The highest BCUT2D eigenvalue weighted by atomic mass is 32.2. The summed E-state index contributed by atoms with van der Waals surface area (Å²) in [5.74, 6) is -1.49. The van der Waals surface area contributed by atoms with Crippen LogP contribution in [0.5, 0.6) is 0 Å². The molecule has 0 saturated heterocycles. The molecule has 27 heavy (non-hydrogen) atoms. The molecule has 3 amide bonds. The number of imide groups is 1. The number of urea groups is 1. The van der Waals surface area contributed by atoms with Gasteiger partial charge in [-0.3, -0.25) is 4.79 Å². The largest absolute Gasteiger partial charge is 0.465 e. The van der Waals surface area contributed by atoms with Gasteiger partial charge < -0.3 is 9.47 Å². The monoisotopic (exact) mass is 393 g/mol. The van der Waals surface area contributed by atoms with E-state index in [2.05, 4.69) is 9.98 Å². The molecule has 1 aromatic rings. The van der Waals surface area contributed by atoms with Gasteiger partial charge >= 0.3 is 18.1 Å².